The molecule has 0 saturated carbocycles. The second-order valence-electron chi connectivity index (χ2n) is 6.40. The number of aliphatic imine (C=N–C) groups is 1. The van der Waals surface area contributed by atoms with Crippen molar-refractivity contribution in [2.75, 3.05) is 26.7 Å². The number of carbonyl (C=O) groups excluding carboxylic acids is 1. The van der Waals surface area contributed by atoms with Gasteiger partial charge in [-0.3, -0.25) is 4.79 Å². The number of hydrogen-bond acceptors (Lipinski definition) is 3. The van der Waals surface area contributed by atoms with E-state index < -0.39 is 0 Å². The standard InChI is InChI=1S/C22H30N4O2.HI/c1-4-23-21(27)17-28-20-13-9-12-19(14-20)15-25-22(24-5-2)26(3)16-18-10-7-6-8-11-18;/h6-14H,4-5,15-17H2,1-3H3,(H,23,27)(H,24,25);1H. The van der Waals surface area contributed by atoms with Crippen LogP contribution in [0.1, 0.15) is 25.0 Å². The van der Waals surface area contributed by atoms with Gasteiger partial charge >= 0.3 is 0 Å². The minimum absolute atomic E-state index is 0. The number of benzene rings is 2. The zero-order valence-electron chi connectivity index (χ0n) is 17.4. The highest BCUT2D eigenvalue weighted by molar-refractivity contribution is 14.0. The summed E-state index contributed by atoms with van der Waals surface area (Å²) in [4.78, 5) is 18.4. The number of halogens is 1. The molecule has 0 saturated heterocycles. The maximum absolute atomic E-state index is 11.5. The molecule has 0 aromatic heterocycles. The van der Waals surface area contributed by atoms with Crippen LogP contribution < -0.4 is 15.4 Å². The minimum Gasteiger partial charge on any atom is -0.484 e. The lowest BCUT2D eigenvalue weighted by molar-refractivity contribution is -0.122. The molecular formula is C22H31IN4O2. The monoisotopic (exact) mass is 510 g/mol. The van der Waals surface area contributed by atoms with Gasteiger partial charge in [0, 0.05) is 26.7 Å². The molecule has 0 aliphatic heterocycles. The lowest BCUT2D eigenvalue weighted by atomic mass is 10.2. The Kier molecular flexibility index (Phi) is 11.8. The van der Waals surface area contributed by atoms with E-state index in [9.17, 15) is 4.79 Å². The molecule has 0 aliphatic carbocycles. The van der Waals surface area contributed by atoms with Gasteiger partial charge in [0.05, 0.1) is 6.54 Å². The van der Waals surface area contributed by atoms with Crippen LogP contribution in [0.2, 0.25) is 0 Å². The van der Waals surface area contributed by atoms with Crippen LogP contribution in [0.15, 0.2) is 59.6 Å². The van der Waals surface area contributed by atoms with Gasteiger partial charge in [-0.25, -0.2) is 4.99 Å². The van der Waals surface area contributed by atoms with Crippen molar-refractivity contribution in [2.24, 2.45) is 4.99 Å². The van der Waals surface area contributed by atoms with Crippen LogP contribution in [-0.2, 0) is 17.9 Å². The second kappa shape index (κ2) is 13.8. The Morgan fingerprint density at radius 2 is 1.69 bits per heavy atom. The van der Waals surface area contributed by atoms with Gasteiger partial charge in [-0.1, -0.05) is 42.5 Å². The van der Waals surface area contributed by atoms with E-state index in [4.69, 9.17) is 9.73 Å². The average molecular weight is 510 g/mol. The number of hydrogen-bond donors (Lipinski definition) is 2. The van der Waals surface area contributed by atoms with Crippen molar-refractivity contribution in [3.8, 4) is 5.75 Å². The molecule has 0 unspecified atom stereocenters. The van der Waals surface area contributed by atoms with Gasteiger partial charge in [-0.15, -0.1) is 24.0 Å². The zero-order valence-corrected chi connectivity index (χ0v) is 19.7. The minimum atomic E-state index is -0.122. The quantitative estimate of drug-likeness (QED) is 0.308. The normalized spacial score (nSPS) is 10.7. The Labute approximate surface area is 190 Å². The predicted octanol–water partition coefficient (Wildman–Crippen LogP) is 3.42. The smallest absolute Gasteiger partial charge is 0.257 e. The first-order valence-corrected chi connectivity index (χ1v) is 9.64. The summed E-state index contributed by atoms with van der Waals surface area (Å²) in [6.45, 7) is 6.66. The summed E-state index contributed by atoms with van der Waals surface area (Å²) >= 11 is 0. The summed E-state index contributed by atoms with van der Waals surface area (Å²) < 4.78 is 5.56. The lowest BCUT2D eigenvalue weighted by Gasteiger charge is -2.22. The Morgan fingerprint density at radius 1 is 1.00 bits per heavy atom. The molecule has 29 heavy (non-hydrogen) atoms. The number of nitrogens with zero attached hydrogens (tertiary/aromatic N) is 2. The predicted molar refractivity (Wildman–Crippen MR) is 129 cm³/mol. The molecule has 0 fully saturated rings. The van der Waals surface area contributed by atoms with Crippen molar-refractivity contribution in [3.63, 3.8) is 0 Å². The number of ether oxygens (including phenoxy) is 1. The van der Waals surface area contributed by atoms with E-state index in [2.05, 4.69) is 34.6 Å². The fourth-order valence-electron chi connectivity index (χ4n) is 2.70. The van der Waals surface area contributed by atoms with E-state index in [0.29, 0.717) is 18.8 Å². The highest BCUT2D eigenvalue weighted by atomic mass is 127. The molecule has 0 spiro atoms. The molecule has 0 bridgehead atoms. The first-order chi connectivity index (χ1) is 13.6. The van der Waals surface area contributed by atoms with Gasteiger partial charge in [0.15, 0.2) is 12.6 Å². The maximum atomic E-state index is 11.5. The molecule has 2 aromatic rings. The zero-order chi connectivity index (χ0) is 20.2. The van der Waals surface area contributed by atoms with Gasteiger partial charge in [0.1, 0.15) is 5.75 Å². The van der Waals surface area contributed by atoms with Crippen molar-refractivity contribution >= 4 is 35.8 Å². The Hall–Kier alpha value is -2.29. The first kappa shape index (κ1) is 24.7. The van der Waals surface area contributed by atoms with E-state index in [0.717, 1.165) is 24.6 Å². The summed E-state index contributed by atoms with van der Waals surface area (Å²) in [6.07, 6.45) is 0. The summed E-state index contributed by atoms with van der Waals surface area (Å²) in [5, 5.41) is 6.05. The largest absolute Gasteiger partial charge is 0.484 e. The van der Waals surface area contributed by atoms with Crippen LogP contribution in [0.3, 0.4) is 0 Å². The summed E-state index contributed by atoms with van der Waals surface area (Å²) in [7, 11) is 2.03. The topological polar surface area (TPSA) is 66.0 Å². The van der Waals surface area contributed by atoms with Gasteiger partial charge in [-0.2, -0.15) is 0 Å². The van der Waals surface area contributed by atoms with E-state index in [1.54, 1.807) is 0 Å². The molecule has 2 aromatic carbocycles. The van der Waals surface area contributed by atoms with E-state index >= 15 is 0 Å². The molecule has 1 amide bonds. The third kappa shape index (κ3) is 9.17. The molecule has 2 rings (SSSR count). The van der Waals surface area contributed by atoms with Crippen molar-refractivity contribution in [1.82, 2.24) is 15.5 Å². The Morgan fingerprint density at radius 3 is 2.38 bits per heavy atom. The number of carbonyl (C=O) groups is 1. The summed E-state index contributed by atoms with van der Waals surface area (Å²) in [6, 6.07) is 18.0. The highest BCUT2D eigenvalue weighted by Gasteiger charge is 2.07. The third-order valence-electron chi connectivity index (χ3n) is 4.01. The van der Waals surface area contributed by atoms with Gasteiger partial charge in [0.25, 0.3) is 5.91 Å². The summed E-state index contributed by atoms with van der Waals surface area (Å²) in [5.74, 6) is 1.39. The molecule has 2 N–H and O–H groups in total. The SMILES string of the molecule is CCNC(=O)COc1cccc(CN=C(NCC)N(C)Cc2ccccc2)c1.I. The molecule has 158 valence electrons. The number of likely N-dealkylation sites (N-methyl/N-ethyl adjacent to an activating group) is 1. The number of amides is 1. The summed E-state index contributed by atoms with van der Waals surface area (Å²) in [5.41, 5.74) is 2.26. The van der Waals surface area contributed by atoms with Crippen molar-refractivity contribution in [2.45, 2.75) is 26.9 Å². The van der Waals surface area contributed by atoms with Crippen molar-refractivity contribution in [1.29, 1.82) is 0 Å². The molecular weight excluding hydrogens is 479 g/mol. The first-order valence-electron chi connectivity index (χ1n) is 9.64. The fourth-order valence-corrected chi connectivity index (χ4v) is 2.70. The molecule has 0 aliphatic rings. The fraction of sp³-hybridized carbons (Fsp3) is 0.364. The number of nitrogens with one attached hydrogen (secondary N) is 2. The van der Waals surface area contributed by atoms with E-state index in [1.807, 2.05) is 56.4 Å². The van der Waals surface area contributed by atoms with E-state index in [-0.39, 0.29) is 36.5 Å². The van der Waals surface area contributed by atoms with Crippen LogP contribution in [0, 0.1) is 0 Å². The highest BCUT2D eigenvalue weighted by Crippen LogP contribution is 2.14. The lowest BCUT2D eigenvalue weighted by Crippen LogP contribution is -2.38. The van der Waals surface area contributed by atoms with Crippen LogP contribution in [-0.4, -0.2) is 43.5 Å². The molecule has 7 heteroatoms. The van der Waals surface area contributed by atoms with Crippen LogP contribution in [0.4, 0.5) is 0 Å². The third-order valence-corrected chi connectivity index (χ3v) is 4.01. The van der Waals surface area contributed by atoms with Crippen molar-refractivity contribution < 1.29 is 9.53 Å². The molecule has 0 heterocycles. The van der Waals surface area contributed by atoms with Crippen LogP contribution in [0.25, 0.3) is 0 Å². The van der Waals surface area contributed by atoms with Gasteiger partial charge < -0.3 is 20.3 Å². The average Bonchev–Trinajstić information content (AvgIpc) is 2.71. The molecule has 6 nitrogen and oxygen atoms in total. The van der Waals surface area contributed by atoms with Crippen LogP contribution >= 0.6 is 24.0 Å². The maximum Gasteiger partial charge on any atom is 0.257 e. The van der Waals surface area contributed by atoms with Gasteiger partial charge in [-0.05, 0) is 37.1 Å². The van der Waals surface area contributed by atoms with Crippen LogP contribution in [0.5, 0.6) is 5.75 Å². The Balaban J connectivity index is 0.00000420. The van der Waals surface area contributed by atoms with E-state index in [1.165, 1.54) is 5.56 Å². The number of guanidine groups is 1. The number of rotatable bonds is 9. The molecule has 0 radical (unpaired) electrons. The van der Waals surface area contributed by atoms with Crippen molar-refractivity contribution in [3.05, 3.63) is 65.7 Å². The van der Waals surface area contributed by atoms with Gasteiger partial charge in [0.2, 0.25) is 0 Å². The second-order valence-corrected chi connectivity index (χ2v) is 6.40. The Bertz CT molecular complexity index is 768. The molecule has 0 atom stereocenters.